The van der Waals surface area contributed by atoms with Crippen molar-refractivity contribution in [2.75, 3.05) is 25.6 Å². The summed E-state index contributed by atoms with van der Waals surface area (Å²) in [6.07, 6.45) is -10.4. The van der Waals surface area contributed by atoms with Crippen LogP contribution in [0.1, 0.15) is 18.4 Å². The topological polar surface area (TPSA) is 57.7 Å². The van der Waals surface area contributed by atoms with Crippen molar-refractivity contribution in [3.63, 3.8) is 0 Å². The number of rotatable bonds is 6. The minimum absolute atomic E-state index is 0.0183. The molecule has 0 aromatic heterocycles. The fraction of sp³-hybridized carbons (Fsp3) is 0.550. The van der Waals surface area contributed by atoms with E-state index in [1.165, 1.54) is 24.3 Å². The Morgan fingerprint density at radius 3 is 2.06 bits per heavy atom. The molecule has 1 aromatic carbocycles. The summed E-state index contributed by atoms with van der Waals surface area (Å²) in [7, 11) is -2.38. The van der Waals surface area contributed by atoms with Crippen LogP contribution in [0, 0.1) is 0 Å². The van der Waals surface area contributed by atoms with Gasteiger partial charge in [0.1, 0.15) is 15.9 Å². The van der Waals surface area contributed by atoms with E-state index < -0.39 is 57.0 Å². The van der Waals surface area contributed by atoms with Crippen molar-refractivity contribution in [2.45, 2.75) is 42.8 Å². The van der Waals surface area contributed by atoms with E-state index in [1.54, 1.807) is 0 Å². The second-order valence-electron chi connectivity index (χ2n) is 8.30. The molecule has 184 valence electrons. The first-order valence-corrected chi connectivity index (χ1v) is 12.3. The molecule has 1 aliphatic heterocycles. The van der Waals surface area contributed by atoms with E-state index in [-0.39, 0.29) is 40.9 Å². The van der Waals surface area contributed by atoms with Crippen LogP contribution < -0.4 is 0 Å². The molecule has 1 aromatic rings. The van der Waals surface area contributed by atoms with Crippen molar-refractivity contribution in [1.29, 1.82) is 0 Å². The van der Waals surface area contributed by atoms with Gasteiger partial charge in [0.2, 0.25) is 11.4 Å². The molecule has 0 saturated heterocycles. The molecule has 3 rings (SSSR count). The summed E-state index contributed by atoms with van der Waals surface area (Å²) < 4.78 is 108. The number of alkyl halides is 6. The minimum atomic E-state index is -5.77. The fourth-order valence-corrected chi connectivity index (χ4v) is 4.69. The highest BCUT2D eigenvalue weighted by Gasteiger charge is 2.78. The number of likely N-dealkylation sites (N-methyl/N-ethyl adjacent to an activating group) is 1. The van der Waals surface area contributed by atoms with E-state index in [0.717, 1.165) is 18.2 Å². The van der Waals surface area contributed by atoms with E-state index in [1.807, 2.05) is 0 Å². The van der Waals surface area contributed by atoms with Gasteiger partial charge in [0.25, 0.3) is 0 Å². The quantitative estimate of drug-likeness (QED) is 0.535. The van der Waals surface area contributed by atoms with Gasteiger partial charge in [0, 0.05) is 30.9 Å². The Balaban J connectivity index is 2.19. The third kappa shape index (κ3) is 4.88. The van der Waals surface area contributed by atoms with Crippen LogP contribution in [-0.4, -0.2) is 79.7 Å². The van der Waals surface area contributed by atoms with Crippen molar-refractivity contribution < 1.29 is 39.6 Å². The first kappa shape index (κ1) is 25.8. The third-order valence-electron chi connectivity index (χ3n) is 5.73. The van der Waals surface area contributed by atoms with Crippen molar-refractivity contribution >= 4 is 32.9 Å². The van der Waals surface area contributed by atoms with Gasteiger partial charge >= 0.3 is 12.4 Å². The maximum Gasteiger partial charge on any atom is 0.419 e. The number of hydrogen-bond donors (Lipinski definition) is 0. The molecule has 33 heavy (non-hydrogen) atoms. The zero-order chi connectivity index (χ0) is 25.0. The van der Waals surface area contributed by atoms with Gasteiger partial charge in [-0.3, -0.25) is 9.69 Å². The van der Waals surface area contributed by atoms with Crippen molar-refractivity contribution in [3.05, 3.63) is 40.9 Å². The number of benzene rings is 1. The van der Waals surface area contributed by atoms with Gasteiger partial charge in [0.05, 0.1) is 5.75 Å². The summed E-state index contributed by atoms with van der Waals surface area (Å²) in [5.41, 5.74) is -4.84. The molecule has 1 aliphatic carbocycles. The lowest BCUT2D eigenvalue weighted by atomic mass is 9.95. The average Bonchev–Trinajstić information content (AvgIpc) is 3.43. The van der Waals surface area contributed by atoms with Crippen LogP contribution >= 0.6 is 11.6 Å². The lowest BCUT2D eigenvalue weighted by Gasteiger charge is -2.43. The summed E-state index contributed by atoms with van der Waals surface area (Å²) in [4.78, 5) is 14.3. The Morgan fingerprint density at radius 2 is 1.64 bits per heavy atom. The number of halogens is 7. The molecule has 1 unspecified atom stereocenters. The molecular formula is C20H21ClF6N2O3S. The predicted octanol–water partition coefficient (Wildman–Crippen LogP) is 3.94. The average molecular weight is 519 g/mol. The van der Waals surface area contributed by atoms with Gasteiger partial charge in [-0.15, -0.1) is 0 Å². The predicted molar refractivity (Wildman–Crippen MR) is 110 cm³/mol. The molecule has 0 radical (unpaired) electrons. The minimum Gasteiger partial charge on any atom is -0.343 e. The molecule has 0 bridgehead atoms. The van der Waals surface area contributed by atoms with Crippen LogP contribution in [0.25, 0.3) is 5.57 Å². The third-order valence-corrected chi connectivity index (χ3v) is 6.91. The molecule has 1 saturated carbocycles. The molecule has 0 spiro atoms. The zero-order valence-corrected chi connectivity index (χ0v) is 19.1. The zero-order valence-electron chi connectivity index (χ0n) is 17.5. The van der Waals surface area contributed by atoms with Crippen LogP contribution in [0.3, 0.4) is 0 Å². The summed E-state index contributed by atoms with van der Waals surface area (Å²) in [6.45, 7) is -0.383. The fourth-order valence-electron chi connectivity index (χ4n) is 3.96. The SMILES string of the molecule is CN(CCS(C)(=O)=O)C(=O)C1C(c2ccc(Cl)cc2)=CC(C(F)(F)F)(C(F)(F)F)N1C1CC1. The molecule has 0 N–H and O–H groups in total. The summed E-state index contributed by atoms with van der Waals surface area (Å²) in [5.74, 6) is -1.54. The standard InChI is InChI=1S/C20H21ClF6N2O3S/c1-28(9-10-33(2,31)32)17(30)16-15(12-3-5-13(21)6-4-12)11-18(19(22,23)24,20(25,26)27)29(16)14-7-8-14/h3-6,11,14,16H,7-10H2,1-2H3. The van der Waals surface area contributed by atoms with Crippen LogP contribution in [0.4, 0.5) is 26.3 Å². The lowest BCUT2D eigenvalue weighted by molar-refractivity contribution is -0.322. The van der Waals surface area contributed by atoms with Gasteiger partial charge in [0.15, 0.2) is 0 Å². The molecule has 1 amide bonds. The first-order chi connectivity index (χ1) is 15.0. The summed E-state index contributed by atoms with van der Waals surface area (Å²) >= 11 is 5.82. The molecule has 13 heteroatoms. The monoisotopic (exact) mass is 518 g/mol. The van der Waals surface area contributed by atoms with Crippen LogP contribution in [0.2, 0.25) is 5.02 Å². The molecule has 1 atom stereocenters. The van der Waals surface area contributed by atoms with E-state index in [9.17, 15) is 39.6 Å². The summed E-state index contributed by atoms with van der Waals surface area (Å²) in [5, 5.41) is 0.211. The number of amides is 1. The molecule has 5 nitrogen and oxygen atoms in total. The molecule has 2 aliphatic rings. The Morgan fingerprint density at radius 1 is 1.12 bits per heavy atom. The number of nitrogens with zero attached hydrogens (tertiary/aromatic N) is 2. The lowest BCUT2D eigenvalue weighted by Crippen LogP contribution is -2.68. The van der Waals surface area contributed by atoms with Crippen LogP contribution in [-0.2, 0) is 14.6 Å². The summed E-state index contributed by atoms with van der Waals surface area (Å²) in [6, 6.07) is 2.07. The number of hydrogen-bond acceptors (Lipinski definition) is 4. The molecule has 1 fully saturated rings. The first-order valence-electron chi connectivity index (χ1n) is 9.83. The van der Waals surface area contributed by atoms with Crippen LogP contribution in [0.15, 0.2) is 30.3 Å². The van der Waals surface area contributed by atoms with E-state index in [2.05, 4.69) is 0 Å². The Kier molecular flexibility index (Phi) is 6.62. The van der Waals surface area contributed by atoms with Gasteiger partial charge in [-0.25, -0.2) is 8.42 Å². The maximum atomic E-state index is 14.2. The van der Waals surface area contributed by atoms with Gasteiger partial charge < -0.3 is 4.90 Å². The van der Waals surface area contributed by atoms with Crippen molar-refractivity contribution in [1.82, 2.24) is 9.80 Å². The number of carbonyl (C=O) groups is 1. The van der Waals surface area contributed by atoms with Gasteiger partial charge in [-0.2, -0.15) is 26.3 Å². The van der Waals surface area contributed by atoms with Crippen LogP contribution in [0.5, 0.6) is 0 Å². The maximum absolute atomic E-state index is 14.2. The Bertz CT molecular complexity index is 1040. The van der Waals surface area contributed by atoms with Crippen molar-refractivity contribution in [3.8, 4) is 0 Å². The number of sulfone groups is 1. The second-order valence-corrected chi connectivity index (χ2v) is 11.0. The van der Waals surface area contributed by atoms with Crippen molar-refractivity contribution in [2.24, 2.45) is 0 Å². The van der Waals surface area contributed by atoms with E-state index in [4.69, 9.17) is 11.6 Å². The van der Waals surface area contributed by atoms with Gasteiger partial charge in [-0.1, -0.05) is 23.7 Å². The normalized spacial score (nSPS) is 21.7. The second kappa shape index (κ2) is 8.46. The van der Waals surface area contributed by atoms with E-state index >= 15 is 0 Å². The Hall–Kier alpha value is -1.79. The largest absolute Gasteiger partial charge is 0.419 e. The number of carbonyl (C=O) groups excluding carboxylic acids is 1. The molecular weight excluding hydrogens is 498 g/mol. The van der Waals surface area contributed by atoms with E-state index in [0.29, 0.717) is 0 Å². The highest BCUT2D eigenvalue weighted by molar-refractivity contribution is 7.90. The smallest absolute Gasteiger partial charge is 0.343 e. The Labute approximate surface area is 191 Å². The highest BCUT2D eigenvalue weighted by Crippen LogP contribution is 2.58. The molecule has 1 heterocycles. The highest BCUT2D eigenvalue weighted by atomic mass is 35.5. The van der Waals surface area contributed by atoms with Gasteiger partial charge in [-0.05, 0) is 42.2 Å².